The van der Waals surface area contributed by atoms with Crippen molar-refractivity contribution in [3.63, 3.8) is 0 Å². The van der Waals surface area contributed by atoms with Gasteiger partial charge in [-0.15, -0.1) is 0 Å². The molecular formula is C17H13Cl2N3O2S. The first-order valence-corrected chi connectivity index (χ1v) is 8.48. The first-order chi connectivity index (χ1) is 11.9. The van der Waals surface area contributed by atoms with Gasteiger partial charge in [-0.05, 0) is 48.1 Å². The van der Waals surface area contributed by atoms with Crippen LogP contribution in [0.2, 0.25) is 10.0 Å². The van der Waals surface area contributed by atoms with Gasteiger partial charge in [0.25, 0.3) is 11.5 Å². The second-order valence-electron chi connectivity index (χ2n) is 5.47. The van der Waals surface area contributed by atoms with Crippen LogP contribution in [0.1, 0.15) is 15.9 Å². The van der Waals surface area contributed by atoms with E-state index in [0.717, 1.165) is 5.56 Å². The normalized spacial score (nSPS) is 10.8. The summed E-state index contributed by atoms with van der Waals surface area (Å²) in [5.41, 5.74) is 1.48. The average Bonchev–Trinajstić information content (AvgIpc) is 2.58. The van der Waals surface area contributed by atoms with Crippen molar-refractivity contribution >= 4 is 52.2 Å². The van der Waals surface area contributed by atoms with Crippen LogP contribution in [0.4, 0.5) is 0 Å². The summed E-state index contributed by atoms with van der Waals surface area (Å²) in [5, 5.41) is 4.28. The maximum absolute atomic E-state index is 12.4. The van der Waals surface area contributed by atoms with Gasteiger partial charge >= 0.3 is 0 Å². The molecule has 25 heavy (non-hydrogen) atoms. The third-order valence-corrected chi connectivity index (χ3v) is 4.78. The van der Waals surface area contributed by atoms with Crippen LogP contribution in [-0.2, 0) is 13.6 Å². The summed E-state index contributed by atoms with van der Waals surface area (Å²) < 4.78 is 1.64. The second-order valence-corrected chi connectivity index (χ2v) is 6.70. The van der Waals surface area contributed by atoms with E-state index in [1.165, 1.54) is 4.57 Å². The molecule has 5 nitrogen and oxygen atoms in total. The Labute approximate surface area is 158 Å². The Hall–Kier alpha value is -2.15. The molecule has 0 aliphatic rings. The van der Waals surface area contributed by atoms with Gasteiger partial charge < -0.3 is 10.3 Å². The molecule has 0 aliphatic carbocycles. The van der Waals surface area contributed by atoms with E-state index in [-0.39, 0.29) is 18.0 Å². The summed E-state index contributed by atoms with van der Waals surface area (Å²) in [6.45, 7) is 0.263. The van der Waals surface area contributed by atoms with Crippen LogP contribution in [0.15, 0.2) is 41.2 Å². The van der Waals surface area contributed by atoms with Crippen LogP contribution in [0.3, 0.4) is 0 Å². The van der Waals surface area contributed by atoms with Crippen molar-refractivity contribution in [1.82, 2.24) is 14.9 Å². The summed E-state index contributed by atoms with van der Waals surface area (Å²) in [7, 11) is 1.59. The van der Waals surface area contributed by atoms with E-state index in [9.17, 15) is 9.59 Å². The summed E-state index contributed by atoms with van der Waals surface area (Å²) >= 11 is 17.1. The number of H-pyrrole nitrogens is 1. The van der Waals surface area contributed by atoms with E-state index >= 15 is 0 Å². The quantitative estimate of drug-likeness (QED) is 0.664. The van der Waals surface area contributed by atoms with Gasteiger partial charge in [-0.2, -0.15) is 0 Å². The molecule has 0 spiro atoms. The predicted molar refractivity (Wildman–Crippen MR) is 102 cm³/mol. The highest BCUT2D eigenvalue weighted by Gasteiger charge is 2.10. The zero-order chi connectivity index (χ0) is 18.1. The molecule has 0 bridgehead atoms. The van der Waals surface area contributed by atoms with E-state index < -0.39 is 0 Å². The summed E-state index contributed by atoms with van der Waals surface area (Å²) in [6.07, 6.45) is 0. The SMILES string of the molecule is Cn1c(=S)[nH]c2cc(C(=O)NCc3ccc(Cl)cc3Cl)ccc2c1=O. The van der Waals surface area contributed by atoms with Gasteiger partial charge in [0.1, 0.15) is 0 Å². The van der Waals surface area contributed by atoms with Gasteiger partial charge in [0, 0.05) is 29.2 Å². The highest BCUT2D eigenvalue weighted by Crippen LogP contribution is 2.21. The Morgan fingerprint density at radius 3 is 2.72 bits per heavy atom. The summed E-state index contributed by atoms with van der Waals surface area (Å²) in [5.74, 6) is -0.284. The minimum atomic E-state index is -0.284. The fourth-order valence-electron chi connectivity index (χ4n) is 2.39. The van der Waals surface area contributed by atoms with E-state index in [2.05, 4.69) is 10.3 Å². The van der Waals surface area contributed by atoms with Crippen molar-refractivity contribution in [2.24, 2.45) is 7.05 Å². The molecule has 0 aliphatic heterocycles. The number of fused-ring (bicyclic) bond motifs is 1. The minimum Gasteiger partial charge on any atom is -0.348 e. The molecule has 0 saturated carbocycles. The molecule has 1 heterocycles. The zero-order valence-electron chi connectivity index (χ0n) is 13.1. The lowest BCUT2D eigenvalue weighted by atomic mass is 10.1. The van der Waals surface area contributed by atoms with Crippen molar-refractivity contribution in [2.75, 3.05) is 0 Å². The van der Waals surface area contributed by atoms with Crippen LogP contribution in [0.5, 0.6) is 0 Å². The maximum Gasteiger partial charge on any atom is 0.261 e. The summed E-state index contributed by atoms with van der Waals surface area (Å²) in [4.78, 5) is 27.5. The largest absolute Gasteiger partial charge is 0.348 e. The number of nitrogens with one attached hydrogen (secondary N) is 2. The van der Waals surface area contributed by atoms with Gasteiger partial charge in [-0.1, -0.05) is 29.3 Å². The molecule has 0 unspecified atom stereocenters. The lowest BCUT2D eigenvalue weighted by molar-refractivity contribution is 0.0951. The molecule has 2 aromatic carbocycles. The van der Waals surface area contributed by atoms with Crippen LogP contribution in [0, 0.1) is 4.77 Å². The zero-order valence-corrected chi connectivity index (χ0v) is 15.4. The Balaban J connectivity index is 1.86. The summed E-state index contributed by atoms with van der Waals surface area (Å²) in [6, 6.07) is 9.89. The number of aromatic nitrogens is 2. The van der Waals surface area contributed by atoms with Crippen LogP contribution in [-0.4, -0.2) is 15.5 Å². The van der Waals surface area contributed by atoms with Gasteiger partial charge in [-0.3, -0.25) is 14.2 Å². The third-order valence-electron chi connectivity index (χ3n) is 3.82. The second kappa shape index (κ2) is 7.00. The Morgan fingerprint density at radius 1 is 1.24 bits per heavy atom. The van der Waals surface area contributed by atoms with Crippen molar-refractivity contribution < 1.29 is 4.79 Å². The molecule has 0 atom stereocenters. The van der Waals surface area contributed by atoms with Crippen LogP contribution < -0.4 is 10.9 Å². The minimum absolute atomic E-state index is 0.210. The van der Waals surface area contributed by atoms with Crippen molar-refractivity contribution in [3.05, 3.63) is 72.7 Å². The molecular weight excluding hydrogens is 381 g/mol. The van der Waals surface area contributed by atoms with Crippen molar-refractivity contribution in [1.29, 1.82) is 0 Å². The fourth-order valence-corrected chi connectivity index (χ4v) is 3.06. The van der Waals surface area contributed by atoms with Gasteiger partial charge in [-0.25, -0.2) is 0 Å². The Morgan fingerprint density at radius 2 is 2.00 bits per heavy atom. The molecule has 0 radical (unpaired) electrons. The smallest absolute Gasteiger partial charge is 0.261 e. The third kappa shape index (κ3) is 3.61. The number of hydrogen-bond acceptors (Lipinski definition) is 3. The van der Waals surface area contributed by atoms with Crippen molar-refractivity contribution in [2.45, 2.75) is 6.54 Å². The van der Waals surface area contributed by atoms with Crippen LogP contribution >= 0.6 is 35.4 Å². The number of nitrogens with zero attached hydrogens (tertiary/aromatic N) is 1. The van der Waals surface area contributed by atoms with Gasteiger partial charge in [0.15, 0.2) is 4.77 Å². The monoisotopic (exact) mass is 393 g/mol. The average molecular weight is 394 g/mol. The number of amides is 1. The predicted octanol–water partition coefficient (Wildman–Crippen LogP) is 3.83. The fraction of sp³-hybridized carbons (Fsp3) is 0.118. The lowest BCUT2D eigenvalue weighted by Gasteiger charge is -2.09. The molecule has 0 saturated heterocycles. The highest BCUT2D eigenvalue weighted by atomic mass is 35.5. The van der Waals surface area contributed by atoms with E-state index in [0.29, 0.717) is 31.3 Å². The molecule has 1 amide bonds. The maximum atomic E-state index is 12.4. The molecule has 128 valence electrons. The number of hydrogen-bond donors (Lipinski definition) is 2. The van der Waals surface area contributed by atoms with Crippen LogP contribution in [0.25, 0.3) is 10.9 Å². The van der Waals surface area contributed by atoms with Crippen molar-refractivity contribution in [3.8, 4) is 0 Å². The van der Waals surface area contributed by atoms with Gasteiger partial charge in [0.05, 0.1) is 10.9 Å². The first-order valence-electron chi connectivity index (χ1n) is 7.32. The molecule has 1 aromatic heterocycles. The Bertz CT molecular complexity index is 1110. The molecule has 0 fully saturated rings. The number of carbonyl (C=O) groups excluding carboxylic acids is 1. The highest BCUT2D eigenvalue weighted by molar-refractivity contribution is 7.71. The van der Waals surface area contributed by atoms with E-state index in [1.807, 2.05) is 0 Å². The first kappa shape index (κ1) is 17.7. The number of rotatable bonds is 3. The molecule has 3 aromatic rings. The molecule has 3 rings (SSSR count). The number of carbonyl (C=O) groups is 1. The number of aromatic amines is 1. The topological polar surface area (TPSA) is 66.9 Å². The molecule has 8 heteroatoms. The molecule has 2 N–H and O–H groups in total. The Kier molecular flexibility index (Phi) is 4.94. The van der Waals surface area contributed by atoms with Gasteiger partial charge in [0.2, 0.25) is 0 Å². The number of benzene rings is 2. The van der Waals surface area contributed by atoms with E-state index in [4.69, 9.17) is 35.4 Å². The standard InChI is InChI=1S/C17H13Cl2N3O2S/c1-22-16(24)12-5-3-9(6-14(12)21-17(22)25)15(23)20-8-10-2-4-11(18)7-13(10)19/h2-7H,8H2,1H3,(H,20,23)(H,21,25). The lowest BCUT2D eigenvalue weighted by Crippen LogP contribution is -2.23. The number of halogens is 2. The van der Waals surface area contributed by atoms with E-state index in [1.54, 1.807) is 43.4 Å².